The molecule has 0 fully saturated rings. The Kier molecular flexibility index (Phi) is 14.1. The number of rotatable bonds is 12. The van der Waals surface area contributed by atoms with E-state index in [0.717, 1.165) is 28.8 Å². The van der Waals surface area contributed by atoms with Crippen molar-refractivity contribution in [1.29, 1.82) is 0 Å². The van der Waals surface area contributed by atoms with E-state index in [2.05, 4.69) is 271 Å². The summed E-state index contributed by atoms with van der Waals surface area (Å²) in [4.78, 5) is 0. The molecule has 0 spiro atoms. The molecular weight excluding hydrogens is 863 g/mol. The average Bonchev–Trinajstić information content (AvgIpc) is 4.13. The Labute approximate surface area is 390 Å². The summed E-state index contributed by atoms with van der Waals surface area (Å²) in [6.07, 6.45) is 0. The van der Waals surface area contributed by atoms with Crippen LogP contribution in [0.5, 0.6) is 0 Å². The second-order valence-corrected chi connectivity index (χ2v) is 16.2. The van der Waals surface area contributed by atoms with Gasteiger partial charge in [0.2, 0.25) is 0 Å². The zero-order chi connectivity index (χ0) is 43.7. The predicted molar refractivity (Wildman–Crippen MR) is 274 cm³/mol. The smallest absolute Gasteiger partial charge is 0.193 e. The van der Waals surface area contributed by atoms with E-state index in [-0.39, 0.29) is 7.43 Å². The van der Waals surface area contributed by atoms with E-state index in [1.165, 1.54) is 72.8 Å². The second-order valence-electron chi connectivity index (χ2n) is 15.3. The van der Waals surface area contributed by atoms with Crippen LogP contribution >= 0.6 is 15.9 Å². The summed E-state index contributed by atoms with van der Waals surface area (Å²) in [6.45, 7) is 6.69. The second kappa shape index (κ2) is 20.8. The summed E-state index contributed by atoms with van der Waals surface area (Å²) in [5.74, 6) is 0.624. The number of H-pyrrole nitrogens is 1. The number of hydrogen-bond donors (Lipinski definition) is 2. The number of aromatic amines is 1. The first-order valence-corrected chi connectivity index (χ1v) is 22.5. The summed E-state index contributed by atoms with van der Waals surface area (Å²) in [5, 5.41) is 17.6. The molecule has 322 valence electrons. The molecule has 0 aliphatic rings. The monoisotopic (exact) mass is 913 g/mol. The van der Waals surface area contributed by atoms with Gasteiger partial charge in [-0.2, -0.15) is 5.21 Å². The van der Waals surface area contributed by atoms with E-state index >= 15 is 0 Å². The molecule has 0 radical (unpaired) electrons. The summed E-state index contributed by atoms with van der Waals surface area (Å²) in [5.41, 5.74) is 18.1. The number of benzene rings is 7. The van der Waals surface area contributed by atoms with Gasteiger partial charge >= 0.3 is 0 Å². The Morgan fingerprint density at radius 1 is 0.462 bits per heavy atom. The van der Waals surface area contributed by atoms with Gasteiger partial charge in [-0.05, 0) is 77.6 Å². The highest BCUT2D eigenvalue weighted by molar-refractivity contribution is 9.10. The zero-order valence-electron chi connectivity index (χ0n) is 35.9. The third kappa shape index (κ3) is 9.54. The molecule has 7 aromatic carbocycles. The van der Waals surface area contributed by atoms with E-state index in [9.17, 15) is 0 Å². The van der Waals surface area contributed by atoms with Gasteiger partial charge < -0.3 is 14.5 Å². The van der Waals surface area contributed by atoms with Gasteiger partial charge in [0.1, 0.15) is 0 Å². The standard InChI is InChI=1S/C32H28N6.C24H20BrN.CH4/c1-2-38-30(21-29(23-12-5-3-6-13-23)32(38)24-14-7-4-8-15-24)28-19-10-9-18-27(28)25-16-11-17-26(20-25)33-22-31-34-36-37-35-31;1-2-26-23(20-15-9-10-16-22(20)25)17-21(18-11-5-3-6-12-18)24(26)19-13-7-4-8-14-19;/h3-21,33H,2,22H2,1H3,(H,34,35,36,37);3-17H,2H2,1H3;1H4. The summed E-state index contributed by atoms with van der Waals surface area (Å²) in [6, 6.07) is 72.9. The first-order valence-electron chi connectivity index (χ1n) is 21.7. The van der Waals surface area contributed by atoms with E-state index in [0.29, 0.717) is 12.4 Å². The molecule has 0 saturated heterocycles. The van der Waals surface area contributed by atoms with Gasteiger partial charge in [0.15, 0.2) is 5.82 Å². The Balaban J connectivity index is 0.000000187. The third-order valence-corrected chi connectivity index (χ3v) is 12.1. The third-order valence-electron chi connectivity index (χ3n) is 11.5. The molecule has 0 atom stereocenters. The van der Waals surface area contributed by atoms with Gasteiger partial charge in [0.25, 0.3) is 0 Å². The van der Waals surface area contributed by atoms with E-state index in [1.54, 1.807) is 0 Å². The lowest BCUT2D eigenvalue weighted by molar-refractivity contribution is 0.785. The lowest BCUT2D eigenvalue weighted by Gasteiger charge is -2.16. The molecule has 0 saturated carbocycles. The number of hydrogen-bond acceptors (Lipinski definition) is 4. The van der Waals surface area contributed by atoms with Crippen molar-refractivity contribution in [2.24, 2.45) is 0 Å². The van der Waals surface area contributed by atoms with Crippen molar-refractivity contribution in [3.05, 3.63) is 217 Å². The van der Waals surface area contributed by atoms with Crippen LogP contribution in [0.25, 0.3) is 78.4 Å². The van der Waals surface area contributed by atoms with Gasteiger partial charge in [-0.15, -0.1) is 10.2 Å². The van der Waals surface area contributed by atoms with Crippen LogP contribution in [-0.4, -0.2) is 29.8 Å². The van der Waals surface area contributed by atoms with E-state index in [1.807, 2.05) is 0 Å². The van der Waals surface area contributed by atoms with Gasteiger partial charge in [0, 0.05) is 51.2 Å². The molecule has 8 heteroatoms. The molecule has 10 aromatic rings. The van der Waals surface area contributed by atoms with Crippen LogP contribution in [0.4, 0.5) is 5.69 Å². The molecule has 2 N–H and O–H groups in total. The van der Waals surface area contributed by atoms with E-state index in [4.69, 9.17) is 0 Å². The number of nitrogens with one attached hydrogen (secondary N) is 2. The molecular formula is C57H52BrN7. The first kappa shape index (κ1) is 44.1. The zero-order valence-corrected chi connectivity index (χ0v) is 37.5. The molecule has 0 aliphatic heterocycles. The van der Waals surface area contributed by atoms with Crippen molar-refractivity contribution in [2.45, 2.75) is 40.9 Å². The van der Waals surface area contributed by atoms with Crippen LogP contribution in [0.3, 0.4) is 0 Å². The number of anilines is 1. The largest absolute Gasteiger partial charge is 0.378 e. The van der Waals surface area contributed by atoms with Gasteiger partial charge in [0.05, 0.1) is 23.6 Å². The highest BCUT2D eigenvalue weighted by Gasteiger charge is 2.21. The van der Waals surface area contributed by atoms with Crippen molar-refractivity contribution in [3.8, 4) is 78.4 Å². The Bertz CT molecular complexity index is 3070. The molecule has 3 heterocycles. The van der Waals surface area contributed by atoms with E-state index < -0.39 is 0 Å². The van der Waals surface area contributed by atoms with Crippen LogP contribution < -0.4 is 5.32 Å². The van der Waals surface area contributed by atoms with Crippen LogP contribution in [0, 0.1) is 0 Å². The Morgan fingerprint density at radius 3 is 1.40 bits per heavy atom. The minimum Gasteiger partial charge on any atom is -0.378 e. The fraction of sp³-hybridized carbons (Fsp3) is 0.105. The minimum atomic E-state index is 0. The lowest BCUT2D eigenvalue weighted by Crippen LogP contribution is -2.02. The van der Waals surface area contributed by atoms with Crippen LogP contribution in [0.1, 0.15) is 27.1 Å². The van der Waals surface area contributed by atoms with Crippen LogP contribution in [0.2, 0.25) is 0 Å². The highest BCUT2D eigenvalue weighted by atomic mass is 79.9. The molecule has 65 heavy (non-hydrogen) atoms. The fourth-order valence-electron chi connectivity index (χ4n) is 8.55. The van der Waals surface area contributed by atoms with Gasteiger partial charge in [-0.1, -0.05) is 204 Å². The maximum Gasteiger partial charge on any atom is 0.193 e. The van der Waals surface area contributed by atoms with Crippen molar-refractivity contribution in [2.75, 3.05) is 5.32 Å². The molecule has 0 bridgehead atoms. The maximum absolute atomic E-state index is 4.03. The SMILES string of the molecule is C.CCn1c(-c2ccccc2-c2cccc(NCc3nn[nH]n3)c2)cc(-c2ccccc2)c1-c1ccccc1.CCn1c(-c2ccccc2Br)cc(-c2ccccc2)c1-c1ccccc1. The van der Waals surface area contributed by atoms with Crippen LogP contribution in [-0.2, 0) is 19.6 Å². The van der Waals surface area contributed by atoms with Gasteiger partial charge in [-0.25, -0.2) is 0 Å². The normalized spacial score (nSPS) is 10.8. The summed E-state index contributed by atoms with van der Waals surface area (Å²) >= 11 is 3.73. The molecule has 7 nitrogen and oxygen atoms in total. The first-order chi connectivity index (χ1) is 31.6. The topological polar surface area (TPSA) is 76.3 Å². The summed E-state index contributed by atoms with van der Waals surface area (Å²) in [7, 11) is 0. The van der Waals surface area contributed by atoms with Gasteiger partial charge in [-0.3, -0.25) is 0 Å². The quantitative estimate of drug-likeness (QED) is 0.128. The molecule has 10 rings (SSSR count). The Morgan fingerprint density at radius 2 is 0.908 bits per heavy atom. The number of aromatic nitrogens is 6. The predicted octanol–water partition coefficient (Wildman–Crippen LogP) is 15.2. The fourth-order valence-corrected chi connectivity index (χ4v) is 9.04. The average molecular weight is 915 g/mol. The van der Waals surface area contributed by atoms with Crippen molar-refractivity contribution >= 4 is 21.6 Å². The number of tetrazole rings is 1. The minimum absolute atomic E-state index is 0. The van der Waals surface area contributed by atoms with Crippen molar-refractivity contribution < 1.29 is 0 Å². The maximum atomic E-state index is 4.03. The highest BCUT2D eigenvalue weighted by Crippen LogP contribution is 2.43. The number of halogens is 1. The Hall–Kier alpha value is -7.55. The van der Waals surface area contributed by atoms with Crippen molar-refractivity contribution in [1.82, 2.24) is 29.8 Å². The molecule has 0 aliphatic carbocycles. The molecule has 3 aromatic heterocycles. The van der Waals surface area contributed by atoms with Crippen molar-refractivity contribution in [3.63, 3.8) is 0 Å². The lowest BCUT2D eigenvalue weighted by atomic mass is 9.96. The summed E-state index contributed by atoms with van der Waals surface area (Å²) < 4.78 is 5.97. The van der Waals surface area contributed by atoms with Crippen LogP contribution in [0.15, 0.2) is 211 Å². The molecule has 0 amide bonds. The molecule has 0 unspecified atom stereocenters. The number of nitrogens with zero attached hydrogens (tertiary/aromatic N) is 5.